The molecule has 0 saturated heterocycles. The van der Waals surface area contributed by atoms with E-state index >= 15 is 0 Å². The molecule has 0 spiro atoms. The quantitative estimate of drug-likeness (QED) is 0.0492. The van der Waals surface area contributed by atoms with E-state index in [0.717, 1.165) is 13.2 Å². The molecular formula is C45H97NOS. The lowest BCUT2D eigenvalue weighted by Crippen LogP contribution is -2.14. The summed E-state index contributed by atoms with van der Waals surface area (Å²) in [5.41, 5.74) is 0. The average Bonchev–Trinajstić information content (AvgIpc) is 3.12. The average molecular weight is 700 g/mol. The first-order chi connectivity index (χ1) is 23.8. The molecular weight excluding hydrogens is 603 g/mol. The molecule has 0 aliphatic rings. The first-order valence-electron chi connectivity index (χ1n) is 22.5. The summed E-state index contributed by atoms with van der Waals surface area (Å²) in [6, 6.07) is 0. The number of hydrogen-bond donors (Lipinski definition) is 2. The molecule has 0 aliphatic heterocycles. The second-order valence-corrected chi connectivity index (χ2v) is 14.7. The van der Waals surface area contributed by atoms with Gasteiger partial charge in [-0.3, -0.25) is 0 Å². The Labute approximate surface area is 313 Å². The molecule has 0 aromatic heterocycles. The summed E-state index contributed by atoms with van der Waals surface area (Å²) in [4.78, 5) is 0. The third-order valence-electron chi connectivity index (χ3n) is 9.96. The minimum atomic E-state index is 0.535. The van der Waals surface area contributed by atoms with Gasteiger partial charge in [-0.2, -0.15) is 12.6 Å². The van der Waals surface area contributed by atoms with Gasteiger partial charge in [0.25, 0.3) is 0 Å². The van der Waals surface area contributed by atoms with Crippen LogP contribution in [0.2, 0.25) is 0 Å². The van der Waals surface area contributed by atoms with Crippen LogP contribution in [0.3, 0.4) is 0 Å². The van der Waals surface area contributed by atoms with Crippen LogP contribution in [0.15, 0.2) is 0 Å². The zero-order valence-corrected chi connectivity index (χ0v) is 35.7. The molecule has 0 aromatic rings. The fourth-order valence-corrected chi connectivity index (χ4v) is 6.56. The van der Waals surface area contributed by atoms with Crippen LogP contribution in [-0.2, 0) is 4.74 Å². The number of hydrogen-bond acceptors (Lipinski definition) is 3. The number of nitrogens with one attached hydrogen (secondary N) is 1. The number of rotatable bonds is 39. The minimum Gasteiger partial charge on any atom is -0.378 e. The van der Waals surface area contributed by atoms with Crippen molar-refractivity contribution in [1.82, 2.24) is 5.32 Å². The highest BCUT2D eigenvalue weighted by Gasteiger charge is 2.08. The molecule has 0 amide bonds. The number of unbranched alkanes of at least 4 members (excludes halogenated alkanes) is 31. The molecule has 294 valence electrons. The maximum absolute atomic E-state index is 6.39. The van der Waals surface area contributed by atoms with E-state index in [1.165, 1.54) is 231 Å². The van der Waals surface area contributed by atoms with Crippen LogP contribution in [0.25, 0.3) is 0 Å². The van der Waals surface area contributed by atoms with Crippen molar-refractivity contribution in [3.8, 4) is 0 Å². The molecule has 0 rings (SSSR count). The van der Waals surface area contributed by atoms with Gasteiger partial charge in [0.05, 0.1) is 6.10 Å². The van der Waals surface area contributed by atoms with E-state index in [0.29, 0.717) is 6.10 Å². The third kappa shape index (κ3) is 53.1. The van der Waals surface area contributed by atoms with Gasteiger partial charge in [0.1, 0.15) is 0 Å². The highest BCUT2D eigenvalue weighted by atomic mass is 32.1. The fourth-order valence-electron chi connectivity index (χ4n) is 6.56. The molecule has 0 saturated carbocycles. The van der Waals surface area contributed by atoms with Crippen molar-refractivity contribution in [3.63, 3.8) is 0 Å². The van der Waals surface area contributed by atoms with Crippen LogP contribution in [0.4, 0.5) is 0 Å². The lowest BCUT2D eigenvalue weighted by atomic mass is 10.0. The standard InChI is InChI=1S/C41H84O.C3H9N.CH4S/c1-4-7-10-12-14-16-18-20-22-24-26-28-30-32-34-36-39-41(38-9-6-3)42-40-37-35-33-31-29-27-25-23-21-19-17-15-13-11-8-5-2;1-3-4-2;1-2/h41H,4-40H2,1-3H3;4H,3H2,1-2H3;2H,1H3. The van der Waals surface area contributed by atoms with Crippen LogP contribution in [0, 0.1) is 0 Å². The maximum Gasteiger partial charge on any atom is 0.0575 e. The normalized spacial score (nSPS) is 11.6. The van der Waals surface area contributed by atoms with Crippen LogP contribution in [-0.4, -0.2) is 32.6 Å². The van der Waals surface area contributed by atoms with E-state index in [-0.39, 0.29) is 0 Å². The first kappa shape index (κ1) is 52.6. The monoisotopic (exact) mass is 700 g/mol. The molecule has 0 aliphatic carbocycles. The molecule has 0 aromatic carbocycles. The predicted octanol–water partition coefficient (Wildman–Crippen LogP) is 16.2. The van der Waals surface area contributed by atoms with Gasteiger partial charge in [-0.1, -0.05) is 240 Å². The van der Waals surface area contributed by atoms with Gasteiger partial charge in [-0.05, 0) is 39.1 Å². The maximum atomic E-state index is 6.39. The Morgan fingerprint density at radius 1 is 0.354 bits per heavy atom. The molecule has 1 unspecified atom stereocenters. The second-order valence-electron chi connectivity index (χ2n) is 14.7. The Morgan fingerprint density at radius 3 is 0.854 bits per heavy atom. The summed E-state index contributed by atoms with van der Waals surface area (Å²) in [6.07, 6.45) is 53.7. The highest BCUT2D eigenvalue weighted by molar-refractivity contribution is 7.79. The molecule has 0 heterocycles. The lowest BCUT2D eigenvalue weighted by Gasteiger charge is -2.18. The molecule has 1 N–H and O–H groups in total. The molecule has 1 atom stereocenters. The van der Waals surface area contributed by atoms with Gasteiger partial charge in [0, 0.05) is 6.61 Å². The Morgan fingerprint density at radius 2 is 0.583 bits per heavy atom. The summed E-state index contributed by atoms with van der Waals surface area (Å²) in [7, 11) is 1.93. The van der Waals surface area contributed by atoms with Crippen LogP contribution < -0.4 is 5.32 Å². The SMILES string of the molecule is CCCCCCCCCCCCCCCCCCOC(CCCC)CCCCCCCCCCCCCCCCCC.CCNC.CS. The Kier molecular flexibility index (Phi) is 59.3. The molecule has 0 radical (unpaired) electrons. The van der Waals surface area contributed by atoms with E-state index in [1.807, 2.05) is 7.05 Å². The number of thiol groups is 1. The second kappa shape index (κ2) is 54.1. The number of ether oxygens (including phenoxy) is 1. The van der Waals surface area contributed by atoms with Crippen molar-refractivity contribution < 1.29 is 4.74 Å². The van der Waals surface area contributed by atoms with Crippen molar-refractivity contribution in [3.05, 3.63) is 0 Å². The van der Waals surface area contributed by atoms with Gasteiger partial charge in [-0.25, -0.2) is 0 Å². The zero-order valence-electron chi connectivity index (χ0n) is 34.8. The predicted molar refractivity (Wildman–Crippen MR) is 227 cm³/mol. The van der Waals surface area contributed by atoms with E-state index in [1.54, 1.807) is 6.26 Å². The Bertz CT molecular complexity index is 486. The van der Waals surface area contributed by atoms with Crippen molar-refractivity contribution in [2.24, 2.45) is 0 Å². The van der Waals surface area contributed by atoms with Gasteiger partial charge in [0.2, 0.25) is 0 Å². The van der Waals surface area contributed by atoms with Crippen molar-refractivity contribution in [2.45, 2.75) is 265 Å². The summed E-state index contributed by atoms with van der Waals surface area (Å²) in [5.74, 6) is 0. The van der Waals surface area contributed by atoms with Crippen LogP contribution >= 0.6 is 12.6 Å². The fraction of sp³-hybridized carbons (Fsp3) is 1.00. The van der Waals surface area contributed by atoms with E-state index < -0.39 is 0 Å². The molecule has 3 heteroatoms. The largest absolute Gasteiger partial charge is 0.378 e. The molecule has 0 bridgehead atoms. The Balaban J connectivity index is -0.00000312. The highest BCUT2D eigenvalue weighted by Crippen LogP contribution is 2.18. The molecule has 48 heavy (non-hydrogen) atoms. The smallest absolute Gasteiger partial charge is 0.0575 e. The van der Waals surface area contributed by atoms with E-state index in [9.17, 15) is 0 Å². The lowest BCUT2D eigenvalue weighted by molar-refractivity contribution is 0.0360. The van der Waals surface area contributed by atoms with Gasteiger partial charge < -0.3 is 10.1 Å². The summed E-state index contributed by atoms with van der Waals surface area (Å²) < 4.78 is 6.39. The van der Waals surface area contributed by atoms with Crippen LogP contribution in [0.1, 0.15) is 259 Å². The summed E-state index contributed by atoms with van der Waals surface area (Å²) >= 11 is 3.53. The molecule has 0 fully saturated rings. The summed E-state index contributed by atoms with van der Waals surface area (Å²) in [6.45, 7) is 11.1. The van der Waals surface area contributed by atoms with Gasteiger partial charge in [-0.15, -0.1) is 0 Å². The zero-order chi connectivity index (χ0) is 35.9. The van der Waals surface area contributed by atoms with Gasteiger partial charge in [0.15, 0.2) is 0 Å². The van der Waals surface area contributed by atoms with Crippen molar-refractivity contribution in [2.75, 3.05) is 26.5 Å². The minimum absolute atomic E-state index is 0.535. The van der Waals surface area contributed by atoms with Crippen LogP contribution in [0.5, 0.6) is 0 Å². The first-order valence-corrected chi connectivity index (χ1v) is 23.4. The Hall–Kier alpha value is 0.270. The molecule has 2 nitrogen and oxygen atoms in total. The van der Waals surface area contributed by atoms with Gasteiger partial charge >= 0.3 is 0 Å². The van der Waals surface area contributed by atoms with E-state index in [2.05, 4.69) is 45.6 Å². The third-order valence-corrected chi connectivity index (χ3v) is 9.96. The topological polar surface area (TPSA) is 21.3 Å². The van der Waals surface area contributed by atoms with E-state index in [4.69, 9.17) is 4.74 Å². The summed E-state index contributed by atoms with van der Waals surface area (Å²) in [5, 5.41) is 2.93. The van der Waals surface area contributed by atoms with Crippen molar-refractivity contribution in [1.29, 1.82) is 0 Å². The van der Waals surface area contributed by atoms with Crippen molar-refractivity contribution >= 4 is 12.6 Å².